The van der Waals surface area contributed by atoms with Crippen molar-refractivity contribution in [3.8, 4) is 0 Å². The maximum absolute atomic E-state index is 12.7. The molecule has 1 amide bonds. The average molecular weight is 611 g/mol. The van der Waals surface area contributed by atoms with Gasteiger partial charge in [-0.05, 0) is 30.5 Å². The molecule has 0 fully saturated rings. The number of Topliss-reactive ketones (excluding diaryl/α,β-unsaturated/α-hetero) is 2. The summed E-state index contributed by atoms with van der Waals surface area (Å²) in [6.45, 7) is 5.46. The molecule has 0 bridgehead atoms. The van der Waals surface area contributed by atoms with Crippen LogP contribution < -0.4 is 4.90 Å². The summed E-state index contributed by atoms with van der Waals surface area (Å²) in [7, 11) is -4.11. The molecule has 1 aliphatic heterocycles. The molecular formula is C32H35ClN2O6S. The molecule has 0 spiro atoms. The number of ketones is 2. The van der Waals surface area contributed by atoms with E-state index < -0.39 is 21.8 Å². The van der Waals surface area contributed by atoms with Crippen LogP contribution in [0.25, 0.3) is 0 Å². The molecular weight excluding hydrogens is 576 g/mol. The fourth-order valence-electron chi connectivity index (χ4n) is 5.61. The van der Waals surface area contributed by atoms with Crippen LogP contribution in [-0.2, 0) is 20.3 Å². The summed E-state index contributed by atoms with van der Waals surface area (Å²) in [5, 5.41) is 0. The summed E-state index contributed by atoms with van der Waals surface area (Å²) in [5.41, 5.74) is 3.92. The third-order valence-electron chi connectivity index (χ3n) is 7.71. The van der Waals surface area contributed by atoms with Gasteiger partial charge >= 0.3 is 0 Å². The Morgan fingerprint density at radius 2 is 1.60 bits per heavy atom. The number of nitrogens with zero attached hydrogens (tertiary/aromatic N) is 2. The Hall–Kier alpha value is -3.53. The lowest BCUT2D eigenvalue weighted by Crippen LogP contribution is -2.36. The molecule has 2 aromatic rings. The number of rotatable bonds is 12. The highest BCUT2D eigenvalue weighted by molar-refractivity contribution is 7.85. The van der Waals surface area contributed by atoms with Crippen molar-refractivity contribution in [2.45, 2.75) is 32.1 Å². The zero-order valence-electron chi connectivity index (χ0n) is 23.7. The van der Waals surface area contributed by atoms with E-state index in [2.05, 4.69) is 30.9 Å². The Labute approximate surface area is 252 Å². The van der Waals surface area contributed by atoms with E-state index in [0.29, 0.717) is 30.6 Å². The van der Waals surface area contributed by atoms with Gasteiger partial charge in [-0.3, -0.25) is 18.9 Å². The molecule has 2 aliphatic rings. The van der Waals surface area contributed by atoms with Gasteiger partial charge in [0.15, 0.2) is 11.6 Å². The summed E-state index contributed by atoms with van der Waals surface area (Å²) < 4.78 is 31.2. The Kier molecular flexibility index (Phi) is 9.86. The van der Waals surface area contributed by atoms with Gasteiger partial charge in [0.1, 0.15) is 11.8 Å². The van der Waals surface area contributed by atoms with Crippen molar-refractivity contribution in [1.82, 2.24) is 4.90 Å². The quantitative estimate of drug-likeness (QED) is 0.152. The van der Waals surface area contributed by atoms with Gasteiger partial charge in [0.05, 0.1) is 5.75 Å². The first-order valence-corrected chi connectivity index (χ1v) is 16.0. The number of para-hydroxylation sites is 1. The highest BCUT2D eigenvalue weighted by atomic mass is 35.5. The number of hydrogen-bond acceptors (Lipinski definition) is 6. The molecule has 222 valence electrons. The van der Waals surface area contributed by atoms with Crippen LogP contribution in [0.5, 0.6) is 0 Å². The number of carbonyl (C=O) groups excluding carboxylic acids is 3. The molecule has 1 heterocycles. The normalized spacial score (nSPS) is 17.5. The zero-order chi connectivity index (χ0) is 30.5. The molecule has 4 rings (SSSR count). The summed E-state index contributed by atoms with van der Waals surface area (Å²) in [5.74, 6) is -2.09. The average Bonchev–Trinajstić information content (AvgIpc) is 3.32. The van der Waals surface area contributed by atoms with E-state index in [1.54, 1.807) is 36.4 Å². The van der Waals surface area contributed by atoms with Crippen molar-refractivity contribution in [3.63, 3.8) is 0 Å². The van der Waals surface area contributed by atoms with Crippen LogP contribution >= 0.6 is 11.6 Å². The lowest BCUT2D eigenvalue weighted by atomic mass is 9.84. The van der Waals surface area contributed by atoms with E-state index in [1.165, 1.54) is 10.5 Å². The van der Waals surface area contributed by atoms with E-state index in [9.17, 15) is 22.8 Å². The van der Waals surface area contributed by atoms with Gasteiger partial charge in [-0.15, -0.1) is 11.6 Å². The van der Waals surface area contributed by atoms with Gasteiger partial charge in [-0.1, -0.05) is 80.6 Å². The maximum atomic E-state index is 12.7. The van der Waals surface area contributed by atoms with Crippen LogP contribution in [0, 0.1) is 5.92 Å². The van der Waals surface area contributed by atoms with E-state index in [4.69, 9.17) is 16.2 Å². The summed E-state index contributed by atoms with van der Waals surface area (Å²) in [4.78, 5) is 41.4. The van der Waals surface area contributed by atoms with Crippen molar-refractivity contribution >= 4 is 44.9 Å². The Morgan fingerprint density at radius 3 is 2.24 bits per heavy atom. The molecule has 0 aromatic heterocycles. The lowest BCUT2D eigenvalue weighted by molar-refractivity contribution is -0.128. The molecule has 0 radical (unpaired) electrons. The number of halogens is 1. The zero-order valence-corrected chi connectivity index (χ0v) is 25.3. The molecule has 0 atom stereocenters. The fourth-order valence-corrected chi connectivity index (χ4v) is 6.28. The predicted octanol–water partition coefficient (Wildman–Crippen LogP) is 5.21. The number of fused-ring (bicyclic) bond motifs is 2. The standard InChI is InChI=1S/C32H35ClN2O6S/c1-32(2)26-15-8-9-16-27(26)35(20-10-18-34(29(36)22-33)19-11-21-42(39,40)41)28(32)17-5-3-4-14-25-30(37)23-12-6-7-13-24(23)31(25)38/h3-9,12-17,25H,10-11,18-22H2,1-2H3,(H,39,40,41)/b5-3+,14-4+,28-17-. The van der Waals surface area contributed by atoms with Gasteiger partial charge in [0.2, 0.25) is 5.91 Å². The van der Waals surface area contributed by atoms with Crippen LogP contribution in [-0.4, -0.2) is 66.6 Å². The molecule has 0 unspecified atom stereocenters. The van der Waals surface area contributed by atoms with Crippen LogP contribution in [0.1, 0.15) is 53.0 Å². The van der Waals surface area contributed by atoms with Crippen LogP contribution in [0.4, 0.5) is 5.69 Å². The topological polar surface area (TPSA) is 112 Å². The van der Waals surface area contributed by atoms with E-state index in [1.807, 2.05) is 30.4 Å². The molecule has 0 saturated heterocycles. The van der Waals surface area contributed by atoms with Crippen molar-refractivity contribution in [2.75, 3.05) is 36.2 Å². The van der Waals surface area contributed by atoms with Gasteiger partial charge in [0, 0.05) is 47.6 Å². The van der Waals surface area contributed by atoms with Crippen LogP contribution in [0.3, 0.4) is 0 Å². The highest BCUT2D eigenvalue weighted by Gasteiger charge is 2.39. The van der Waals surface area contributed by atoms with E-state index in [-0.39, 0.29) is 41.7 Å². The Bertz CT molecular complexity index is 1530. The van der Waals surface area contributed by atoms with Crippen LogP contribution in [0.2, 0.25) is 0 Å². The number of allylic oxidation sites excluding steroid dienone is 6. The largest absolute Gasteiger partial charge is 0.344 e. The lowest BCUT2D eigenvalue weighted by Gasteiger charge is -2.28. The molecule has 0 saturated carbocycles. The number of amides is 1. The fraction of sp³-hybridized carbons (Fsp3) is 0.344. The third-order valence-corrected chi connectivity index (χ3v) is 8.74. The Morgan fingerprint density at radius 1 is 0.976 bits per heavy atom. The number of carbonyl (C=O) groups is 3. The van der Waals surface area contributed by atoms with Crippen molar-refractivity contribution in [3.05, 3.63) is 101 Å². The van der Waals surface area contributed by atoms with Gasteiger partial charge in [-0.25, -0.2) is 0 Å². The first kappa shape index (κ1) is 31.4. The minimum absolute atomic E-state index is 0.120. The minimum atomic E-state index is -4.11. The van der Waals surface area contributed by atoms with Gasteiger partial charge in [0.25, 0.3) is 10.1 Å². The van der Waals surface area contributed by atoms with E-state index in [0.717, 1.165) is 11.4 Å². The second-order valence-electron chi connectivity index (χ2n) is 10.9. The minimum Gasteiger partial charge on any atom is -0.344 e. The molecule has 2 aromatic carbocycles. The monoisotopic (exact) mass is 610 g/mol. The number of anilines is 1. The number of hydrogen-bond donors (Lipinski definition) is 1. The SMILES string of the molecule is CC1(C)/C(=C/C=C/C=C/C2C(=O)c3ccccc3C2=O)N(CCCN(CCCS(=O)(=O)O)C(=O)CCl)c2ccccc21. The van der Waals surface area contributed by atoms with Crippen molar-refractivity contribution < 1.29 is 27.4 Å². The first-order valence-electron chi connectivity index (χ1n) is 13.8. The predicted molar refractivity (Wildman–Crippen MR) is 165 cm³/mol. The van der Waals surface area contributed by atoms with Crippen molar-refractivity contribution in [2.24, 2.45) is 5.92 Å². The smallest absolute Gasteiger partial charge is 0.264 e. The maximum Gasteiger partial charge on any atom is 0.264 e. The van der Waals surface area contributed by atoms with Crippen molar-refractivity contribution in [1.29, 1.82) is 0 Å². The van der Waals surface area contributed by atoms with E-state index >= 15 is 0 Å². The summed E-state index contributed by atoms with van der Waals surface area (Å²) >= 11 is 5.78. The molecule has 10 heteroatoms. The Balaban J connectivity index is 1.47. The van der Waals surface area contributed by atoms with Crippen LogP contribution in [0.15, 0.2) is 84.6 Å². The third kappa shape index (κ3) is 6.91. The molecule has 1 aliphatic carbocycles. The van der Waals surface area contributed by atoms with Gasteiger partial charge in [-0.2, -0.15) is 8.42 Å². The summed E-state index contributed by atoms with van der Waals surface area (Å²) in [6, 6.07) is 15.0. The highest BCUT2D eigenvalue weighted by Crippen LogP contribution is 2.47. The molecule has 42 heavy (non-hydrogen) atoms. The first-order chi connectivity index (χ1) is 20.0. The molecule has 1 N–H and O–H groups in total. The van der Waals surface area contributed by atoms with Gasteiger partial charge < -0.3 is 9.80 Å². The summed E-state index contributed by atoms with van der Waals surface area (Å²) in [6.07, 6.45) is 9.81. The molecule has 8 nitrogen and oxygen atoms in total. The number of alkyl halides is 1. The second-order valence-corrected chi connectivity index (χ2v) is 12.7. The second kappa shape index (κ2) is 13.2. The number of benzene rings is 2.